The van der Waals surface area contributed by atoms with Gasteiger partial charge in [-0.2, -0.15) is 0 Å². The highest BCUT2D eigenvalue weighted by Crippen LogP contribution is 2.23. The number of rotatable bonds is 6. The topological polar surface area (TPSA) is 71.4 Å². The second kappa shape index (κ2) is 9.64. The molecule has 3 heterocycles. The monoisotopic (exact) mass is 414 g/mol. The van der Waals surface area contributed by atoms with Gasteiger partial charge in [-0.1, -0.05) is 11.6 Å². The second-order valence-electron chi connectivity index (χ2n) is 6.83. The van der Waals surface area contributed by atoms with Gasteiger partial charge in [0.15, 0.2) is 12.3 Å². The van der Waals surface area contributed by atoms with Crippen LogP contribution in [0.2, 0.25) is 4.34 Å². The predicted octanol–water partition coefficient (Wildman–Crippen LogP) is -0.0497. The molecule has 0 aromatic carbocycles. The van der Waals surface area contributed by atoms with E-state index in [-0.39, 0.29) is 30.4 Å². The largest absolute Gasteiger partial charge is 0.378 e. The van der Waals surface area contributed by atoms with E-state index >= 15 is 0 Å². The molecule has 2 aliphatic heterocycles. The molecule has 1 aromatic rings. The Kier molecular flexibility index (Phi) is 7.23. The summed E-state index contributed by atoms with van der Waals surface area (Å²) >= 11 is 7.09. The van der Waals surface area contributed by atoms with Gasteiger partial charge >= 0.3 is 0 Å². The highest BCUT2D eigenvalue weighted by molar-refractivity contribution is 7.18. The number of Topliss-reactive ketones (excluding diaryl/α,β-unsaturated/α-hetero) is 1. The number of ketones is 1. The van der Waals surface area contributed by atoms with Crippen molar-refractivity contribution in [2.24, 2.45) is 0 Å². The van der Waals surface area contributed by atoms with Crippen molar-refractivity contribution in [3.63, 3.8) is 0 Å². The average molecular weight is 415 g/mol. The van der Waals surface area contributed by atoms with E-state index in [9.17, 15) is 14.4 Å². The smallest absolute Gasteiger partial charge is 0.277 e. The van der Waals surface area contributed by atoms with Crippen LogP contribution >= 0.6 is 22.9 Å². The predicted molar refractivity (Wildman–Crippen MR) is 102 cm³/mol. The summed E-state index contributed by atoms with van der Waals surface area (Å²) in [5.41, 5.74) is 0. The Balaban J connectivity index is 1.37. The van der Waals surface area contributed by atoms with Gasteiger partial charge in [0.1, 0.15) is 0 Å². The standard InChI is InChI=1S/C18H24ClN3O4S/c19-16-3-2-15(27-16)14(23)1-4-17(24)21-7-5-20(6-8-21)13-18(25)22-9-11-26-12-10-22/h2-3H,1,4-13H2/p+1. The zero-order valence-corrected chi connectivity index (χ0v) is 16.8. The molecule has 27 heavy (non-hydrogen) atoms. The van der Waals surface area contributed by atoms with Gasteiger partial charge in [0.2, 0.25) is 5.91 Å². The minimum Gasteiger partial charge on any atom is -0.378 e. The van der Waals surface area contributed by atoms with Gasteiger partial charge < -0.3 is 19.4 Å². The van der Waals surface area contributed by atoms with Crippen LogP contribution in [0.25, 0.3) is 0 Å². The summed E-state index contributed by atoms with van der Waals surface area (Å²) in [5.74, 6) is 0.124. The lowest BCUT2D eigenvalue weighted by molar-refractivity contribution is -0.896. The van der Waals surface area contributed by atoms with Crippen LogP contribution in [0.1, 0.15) is 22.5 Å². The van der Waals surface area contributed by atoms with E-state index in [4.69, 9.17) is 16.3 Å². The van der Waals surface area contributed by atoms with Gasteiger partial charge in [-0.3, -0.25) is 14.4 Å². The molecular weight excluding hydrogens is 390 g/mol. The van der Waals surface area contributed by atoms with Crippen LogP contribution in [-0.4, -0.2) is 86.4 Å². The summed E-state index contributed by atoms with van der Waals surface area (Å²) in [7, 11) is 0. The van der Waals surface area contributed by atoms with Crippen LogP contribution in [0, 0.1) is 0 Å². The Morgan fingerprint density at radius 2 is 1.67 bits per heavy atom. The molecule has 0 aliphatic carbocycles. The fourth-order valence-corrected chi connectivity index (χ4v) is 4.36. The average Bonchev–Trinajstić information content (AvgIpc) is 3.13. The first-order valence-electron chi connectivity index (χ1n) is 9.28. The molecule has 148 valence electrons. The number of hydrogen-bond donors (Lipinski definition) is 1. The summed E-state index contributed by atoms with van der Waals surface area (Å²) in [6.07, 6.45) is 0.425. The lowest BCUT2D eigenvalue weighted by Gasteiger charge is -2.33. The van der Waals surface area contributed by atoms with Crippen LogP contribution in [0.15, 0.2) is 12.1 Å². The third-order valence-electron chi connectivity index (χ3n) is 5.00. The quantitative estimate of drug-likeness (QED) is 0.662. The molecular formula is C18H25ClN3O4S+. The van der Waals surface area contributed by atoms with Crippen molar-refractivity contribution in [2.45, 2.75) is 12.8 Å². The number of amides is 2. The first-order chi connectivity index (χ1) is 13.0. The Morgan fingerprint density at radius 1 is 1.00 bits per heavy atom. The van der Waals surface area contributed by atoms with E-state index in [0.717, 1.165) is 13.1 Å². The first-order valence-corrected chi connectivity index (χ1v) is 10.5. The van der Waals surface area contributed by atoms with Crippen molar-refractivity contribution in [2.75, 3.05) is 59.0 Å². The lowest BCUT2D eigenvalue weighted by Crippen LogP contribution is -3.15. The molecule has 0 radical (unpaired) electrons. The van der Waals surface area contributed by atoms with E-state index in [0.29, 0.717) is 55.2 Å². The molecule has 7 nitrogen and oxygen atoms in total. The maximum Gasteiger partial charge on any atom is 0.277 e. The van der Waals surface area contributed by atoms with Crippen LogP contribution < -0.4 is 4.90 Å². The number of halogens is 1. The fraction of sp³-hybridized carbons (Fsp3) is 0.611. The highest BCUT2D eigenvalue weighted by Gasteiger charge is 2.27. The molecule has 2 amide bonds. The van der Waals surface area contributed by atoms with Crippen molar-refractivity contribution in [1.29, 1.82) is 0 Å². The van der Waals surface area contributed by atoms with Crippen molar-refractivity contribution in [3.05, 3.63) is 21.3 Å². The number of nitrogens with zero attached hydrogens (tertiary/aromatic N) is 2. The third kappa shape index (κ3) is 5.75. The number of hydrogen-bond acceptors (Lipinski definition) is 5. The maximum atomic E-state index is 12.4. The van der Waals surface area contributed by atoms with Gasteiger partial charge in [0.25, 0.3) is 5.91 Å². The molecule has 0 spiro atoms. The number of carbonyl (C=O) groups is 3. The van der Waals surface area contributed by atoms with E-state index in [1.165, 1.54) is 16.2 Å². The van der Waals surface area contributed by atoms with E-state index < -0.39 is 0 Å². The minimum absolute atomic E-state index is 0.00422. The van der Waals surface area contributed by atoms with E-state index in [2.05, 4.69) is 0 Å². The maximum absolute atomic E-state index is 12.4. The lowest BCUT2D eigenvalue weighted by atomic mass is 10.1. The van der Waals surface area contributed by atoms with Gasteiger partial charge in [-0.15, -0.1) is 11.3 Å². The molecule has 2 aliphatic rings. The van der Waals surface area contributed by atoms with Gasteiger partial charge in [0.05, 0.1) is 48.6 Å². The normalized spacial score (nSPS) is 18.6. The number of nitrogens with one attached hydrogen (secondary N) is 1. The van der Waals surface area contributed by atoms with Crippen molar-refractivity contribution >= 4 is 40.5 Å². The third-order valence-corrected chi connectivity index (χ3v) is 6.27. The highest BCUT2D eigenvalue weighted by atomic mass is 35.5. The number of thiophene rings is 1. The number of quaternary nitrogens is 1. The van der Waals surface area contributed by atoms with Crippen LogP contribution in [-0.2, 0) is 14.3 Å². The zero-order valence-electron chi connectivity index (χ0n) is 15.2. The summed E-state index contributed by atoms with van der Waals surface area (Å²) in [6, 6.07) is 3.40. The van der Waals surface area contributed by atoms with E-state index in [1.807, 2.05) is 4.90 Å². The molecule has 0 bridgehead atoms. The first kappa shape index (κ1) is 20.3. The Labute approximate surface area is 167 Å². The Morgan fingerprint density at radius 3 is 2.30 bits per heavy atom. The SMILES string of the molecule is O=C(CCC(=O)N1CC[NH+](CC(=O)N2CCOCC2)CC1)c1ccc(Cl)s1. The summed E-state index contributed by atoms with van der Waals surface area (Å²) in [6.45, 7) is 5.80. The molecule has 0 atom stereocenters. The van der Waals surface area contributed by atoms with Gasteiger partial charge in [-0.05, 0) is 12.1 Å². The second-order valence-corrected chi connectivity index (χ2v) is 8.54. The van der Waals surface area contributed by atoms with Gasteiger partial charge in [0, 0.05) is 25.9 Å². The molecule has 0 saturated carbocycles. The summed E-state index contributed by atoms with van der Waals surface area (Å²) in [5, 5.41) is 0. The van der Waals surface area contributed by atoms with Crippen molar-refractivity contribution in [1.82, 2.24) is 9.80 Å². The summed E-state index contributed by atoms with van der Waals surface area (Å²) in [4.78, 5) is 42.3. The number of morpholine rings is 1. The fourth-order valence-electron chi connectivity index (χ4n) is 3.35. The zero-order chi connectivity index (χ0) is 19.2. The molecule has 2 fully saturated rings. The molecule has 0 unspecified atom stereocenters. The molecule has 1 aromatic heterocycles. The Hall–Kier alpha value is -1.48. The van der Waals surface area contributed by atoms with E-state index in [1.54, 1.807) is 17.0 Å². The van der Waals surface area contributed by atoms with Crippen molar-refractivity contribution in [3.8, 4) is 0 Å². The van der Waals surface area contributed by atoms with Crippen LogP contribution in [0.5, 0.6) is 0 Å². The Bertz CT molecular complexity index is 682. The molecule has 2 saturated heterocycles. The molecule has 1 N–H and O–H groups in total. The van der Waals surface area contributed by atoms with Crippen LogP contribution in [0.3, 0.4) is 0 Å². The summed E-state index contributed by atoms with van der Waals surface area (Å²) < 4.78 is 5.85. The number of piperazine rings is 1. The minimum atomic E-state index is -0.0411. The molecule has 9 heteroatoms. The van der Waals surface area contributed by atoms with Gasteiger partial charge in [-0.25, -0.2) is 0 Å². The number of ether oxygens (including phenoxy) is 1. The number of carbonyl (C=O) groups excluding carboxylic acids is 3. The van der Waals surface area contributed by atoms with Crippen LogP contribution in [0.4, 0.5) is 0 Å². The van der Waals surface area contributed by atoms with Crippen molar-refractivity contribution < 1.29 is 24.0 Å². The molecule has 3 rings (SSSR count).